The van der Waals surface area contributed by atoms with Gasteiger partial charge in [0.15, 0.2) is 5.82 Å². The van der Waals surface area contributed by atoms with Gasteiger partial charge in [0.1, 0.15) is 0 Å². The highest BCUT2D eigenvalue weighted by Crippen LogP contribution is 2.63. The van der Waals surface area contributed by atoms with Gasteiger partial charge in [0.2, 0.25) is 0 Å². The summed E-state index contributed by atoms with van der Waals surface area (Å²) in [5.41, 5.74) is 14.9. The summed E-state index contributed by atoms with van der Waals surface area (Å²) < 4.78 is 1.32. The van der Waals surface area contributed by atoms with Crippen molar-refractivity contribution in [3.8, 4) is 56.2 Å². The molecule has 248 valence electrons. The highest BCUT2D eigenvalue weighted by atomic mass is 32.2. The fourth-order valence-corrected chi connectivity index (χ4v) is 10.6. The Hall–Kier alpha value is -6.07. The molecule has 1 unspecified atom stereocenters. The van der Waals surface area contributed by atoms with Crippen molar-refractivity contribution < 1.29 is 0 Å². The maximum Gasteiger partial charge on any atom is 0.160 e. The number of aromatic nitrogens is 2. The van der Waals surface area contributed by atoms with Gasteiger partial charge in [-0.15, -0.1) is 11.3 Å². The molecule has 2 aliphatic rings. The Morgan fingerprint density at radius 3 is 1.89 bits per heavy atom. The molecule has 1 spiro atoms. The van der Waals surface area contributed by atoms with Crippen LogP contribution in [0.5, 0.6) is 0 Å². The van der Waals surface area contributed by atoms with Gasteiger partial charge in [0.05, 0.1) is 16.8 Å². The van der Waals surface area contributed by atoms with Gasteiger partial charge in [-0.25, -0.2) is 9.97 Å². The van der Waals surface area contributed by atoms with E-state index in [1.54, 1.807) is 0 Å². The standard InChI is InChI=1S/C49H30N2S2/c1-3-13-31(14-4-1)35-17-7-8-19-37(35)44-30-43(50-48(51-44)32-15-5-2-6-16-32)33-23-24-41-47(28-33)53-45-22-12-11-21-40(45)49(41)39-20-10-9-18-36(39)38-27-34-25-26-52-46(34)29-42(38)49/h1-30H. The Morgan fingerprint density at radius 2 is 1.06 bits per heavy atom. The molecule has 0 fully saturated rings. The summed E-state index contributed by atoms with van der Waals surface area (Å²) in [7, 11) is 0. The van der Waals surface area contributed by atoms with Crippen LogP contribution in [0.4, 0.5) is 0 Å². The summed E-state index contributed by atoms with van der Waals surface area (Å²) in [4.78, 5) is 13.0. The van der Waals surface area contributed by atoms with E-state index in [-0.39, 0.29) is 0 Å². The molecule has 4 heteroatoms. The molecule has 0 amide bonds. The molecule has 0 radical (unpaired) electrons. The van der Waals surface area contributed by atoms with E-state index in [1.165, 1.54) is 53.3 Å². The van der Waals surface area contributed by atoms with Gasteiger partial charge in [0, 0.05) is 31.2 Å². The second-order valence-electron chi connectivity index (χ2n) is 13.7. The average molecular weight is 711 g/mol. The Labute approximate surface area is 316 Å². The molecule has 9 aromatic rings. The third-order valence-electron chi connectivity index (χ3n) is 10.9. The fourth-order valence-electron chi connectivity index (χ4n) is 8.54. The maximum atomic E-state index is 5.27. The zero-order valence-electron chi connectivity index (χ0n) is 28.5. The van der Waals surface area contributed by atoms with Crippen molar-refractivity contribution in [1.82, 2.24) is 9.97 Å². The van der Waals surface area contributed by atoms with Crippen molar-refractivity contribution in [3.63, 3.8) is 0 Å². The molecule has 0 N–H and O–H groups in total. The zero-order chi connectivity index (χ0) is 34.9. The smallest absolute Gasteiger partial charge is 0.160 e. The predicted octanol–water partition coefficient (Wildman–Crippen LogP) is 13.2. The van der Waals surface area contributed by atoms with E-state index < -0.39 is 5.41 Å². The molecule has 11 rings (SSSR count). The molecule has 2 nitrogen and oxygen atoms in total. The van der Waals surface area contributed by atoms with Crippen LogP contribution in [0.1, 0.15) is 22.3 Å². The monoisotopic (exact) mass is 710 g/mol. The molecule has 3 heterocycles. The van der Waals surface area contributed by atoms with Gasteiger partial charge in [-0.05, 0) is 91.7 Å². The molecule has 1 aliphatic carbocycles. The molecule has 7 aromatic carbocycles. The third-order valence-corrected chi connectivity index (χ3v) is 12.9. The number of fused-ring (bicyclic) bond motifs is 10. The van der Waals surface area contributed by atoms with Crippen molar-refractivity contribution in [2.24, 2.45) is 0 Å². The minimum Gasteiger partial charge on any atom is -0.228 e. The van der Waals surface area contributed by atoms with Crippen LogP contribution in [0, 0.1) is 0 Å². The number of thiophene rings is 1. The molecular weight excluding hydrogens is 681 g/mol. The van der Waals surface area contributed by atoms with Crippen LogP contribution in [-0.4, -0.2) is 9.97 Å². The molecular formula is C49H30N2S2. The Balaban J connectivity index is 1.14. The van der Waals surface area contributed by atoms with Crippen molar-refractivity contribution in [3.05, 3.63) is 204 Å². The third kappa shape index (κ3) is 4.66. The van der Waals surface area contributed by atoms with E-state index in [1.807, 2.05) is 29.2 Å². The lowest BCUT2D eigenvalue weighted by Crippen LogP contribution is -2.32. The minimum absolute atomic E-state index is 0.430. The quantitative estimate of drug-likeness (QED) is 0.182. The van der Waals surface area contributed by atoms with Gasteiger partial charge in [-0.2, -0.15) is 0 Å². The van der Waals surface area contributed by atoms with E-state index in [2.05, 4.69) is 175 Å². The molecule has 0 saturated carbocycles. The Bertz CT molecular complexity index is 2880. The van der Waals surface area contributed by atoms with E-state index in [0.29, 0.717) is 5.82 Å². The second kappa shape index (κ2) is 12.0. The Kier molecular flexibility index (Phi) is 6.91. The van der Waals surface area contributed by atoms with Crippen molar-refractivity contribution in [2.45, 2.75) is 15.2 Å². The minimum atomic E-state index is -0.430. The highest BCUT2D eigenvalue weighted by molar-refractivity contribution is 7.99. The lowest BCUT2D eigenvalue weighted by molar-refractivity contribution is 0.723. The second-order valence-corrected chi connectivity index (χ2v) is 15.7. The summed E-state index contributed by atoms with van der Waals surface area (Å²) in [5, 5.41) is 3.51. The summed E-state index contributed by atoms with van der Waals surface area (Å²) in [6.07, 6.45) is 0. The van der Waals surface area contributed by atoms with Gasteiger partial charge < -0.3 is 0 Å². The van der Waals surface area contributed by atoms with Crippen LogP contribution in [-0.2, 0) is 5.41 Å². The van der Waals surface area contributed by atoms with Crippen molar-refractivity contribution in [2.75, 3.05) is 0 Å². The summed E-state index contributed by atoms with van der Waals surface area (Å²) in [6, 6.07) is 63.8. The van der Waals surface area contributed by atoms with Crippen LogP contribution < -0.4 is 0 Å². The van der Waals surface area contributed by atoms with Crippen molar-refractivity contribution >= 4 is 33.2 Å². The number of hydrogen-bond donors (Lipinski definition) is 0. The molecule has 1 aliphatic heterocycles. The van der Waals surface area contributed by atoms with E-state index in [9.17, 15) is 0 Å². The summed E-state index contributed by atoms with van der Waals surface area (Å²) >= 11 is 3.69. The first kappa shape index (κ1) is 30.5. The van der Waals surface area contributed by atoms with E-state index in [4.69, 9.17) is 9.97 Å². The maximum absolute atomic E-state index is 5.27. The largest absolute Gasteiger partial charge is 0.228 e. The molecule has 2 aromatic heterocycles. The number of hydrogen-bond acceptors (Lipinski definition) is 4. The van der Waals surface area contributed by atoms with Gasteiger partial charge in [-0.3, -0.25) is 0 Å². The Morgan fingerprint density at radius 1 is 0.396 bits per heavy atom. The summed E-state index contributed by atoms with van der Waals surface area (Å²) in [6.45, 7) is 0. The lowest BCUT2D eigenvalue weighted by Gasteiger charge is -2.39. The molecule has 1 atom stereocenters. The topological polar surface area (TPSA) is 25.8 Å². The number of benzene rings is 7. The molecule has 0 bridgehead atoms. The van der Waals surface area contributed by atoms with E-state index in [0.717, 1.165) is 39.2 Å². The van der Waals surface area contributed by atoms with Crippen LogP contribution in [0.3, 0.4) is 0 Å². The first-order valence-corrected chi connectivity index (χ1v) is 19.6. The van der Waals surface area contributed by atoms with E-state index >= 15 is 0 Å². The number of rotatable bonds is 4. The van der Waals surface area contributed by atoms with Crippen LogP contribution >= 0.6 is 23.1 Å². The molecule has 53 heavy (non-hydrogen) atoms. The fraction of sp³-hybridized carbons (Fsp3) is 0.0204. The predicted molar refractivity (Wildman–Crippen MR) is 221 cm³/mol. The van der Waals surface area contributed by atoms with Gasteiger partial charge in [0.25, 0.3) is 0 Å². The SMILES string of the molecule is c1ccc(-c2nc(-c3ccc4c(c3)Sc3ccccc3C43c4ccccc4-c4cc5ccsc5cc43)cc(-c3ccccc3-c3ccccc3)n2)cc1. The summed E-state index contributed by atoms with van der Waals surface area (Å²) in [5.74, 6) is 0.715. The van der Waals surface area contributed by atoms with Gasteiger partial charge >= 0.3 is 0 Å². The molecule has 0 saturated heterocycles. The average Bonchev–Trinajstić information content (AvgIpc) is 3.81. The highest BCUT2D eigenvalue weighted by Gasteiger charge is 2.50. The van der Waals surface area contributed by atoms with Crippen LogP contribution in [0.2, 0.25) is 0 Å². The first-order chi connectivity index (χ1) is 26.3. The lowest BCUT2D eigenvalue weighted by atomic mass is 9.67. The zero-order valence-corrected chi connectivity index (χ0v) is 30.2. The first-order valence-electron chi connectivity index (χ1n) is 17.9. The van der Waals surface area contributed by atoms with Gasteiger partial charge in [-0.1, -0.05) is 151 Å². The normalized spacial score (nSPS) is 15.2. The van der Waals surface area contributed by atoms with Crippen molar-refractivity contribution in [1.29, 1.82) is 0 Å². The number of nitrogens with zero attached hydrogens (tertiary/aromatic N) is 2. The van der Waals surface area contributed by atoms with Crippen LogP contribution in [0.25, 0.3) is 66.2 Å². The van der Waals surface area contributed by atoms with Crippen LogP contribution in [0.15, 0.2) is 191 Å².